The number of nitrogens with one attached hydrogen (secondary N) is 2. The fourth-order valence-electron chi connectivity index (χ4n) is 5.22. The van der Waals surface area contributed by atoms with Crippen molar-refractivity contribution < 1.29 is 33.3 Å². The largest absolute Gasteiger partial charge is 0.493 e. The number of hydrogen-bond acceptors (Lipinski definition) is 8. The Morgan fingerprint density at radius 1 is 0.872 bits per heavy atom. The second kappa shape index (κ2) is 14.7. The van der Waals surface area contributed by atoms with E-state index in [-0.39, 0.29) is 11.3 Å². The fourth-order valence-corrected chi connectivity index (χ4v) is 5.45. The molecule has 47 heavy (non-hydrogen) atoms. The molecule has 5 rings (SSSR count). The van der Waals surface area contributed by atoms with E-state index in [2.05, 4.69) is 22.4 Å². The smallest absolute Gasteiger partial charge is 0.343 e. The number of hydrazone groups is 1. The molecule has 0 saturated carbocycles. The van der Waals surface area contributed by atoms with Crippen molar-refractivity contribution in [2.24, 2.45) is 5.10 Å². The minimum atomic E-state index is -0.655. The number of amides is 1. The Kier molecular flexibility index (Phi) is 10.3. The molecule has 0 aliphatic heterocycles. The van der Waals surface area contributed by atoms with Gasteiger partial charge in [0.2, 0.25) is 5.75 Å². The number of esters is 1. The molecule has 0 aliphatic rings. The first-order chi connectivity index (χ1) is 22.8. The van der Waals surface area contributed by atoms with Crippen molar-refractivity contribution in [3.63, 3.8) is 0 Å². The van der Waals surface area contributed by atoms with Crippen LogP contribution in [0.3, 0.4) is 0 Å². The number of halogens is 1. The van der Waals surface area contributed by atoms with Gasteiger partial charge in [-0.15, -0.1) is 0 Å². The number of methoxy groups -OCH3 is 3. The van der Waals surface area contributed by atoms with Crippen LogP contribution in [0.2, 0.25) is 5.02 Å². The van der Waals surface area contributed by atoms with E-state index >= 15 is 0 Å². The number of aromatic nitrogens is 1. The molecule has 1 amide bonds. The Hall–Kier alpha value is -5.48. The predicted octanol–water partition coefficient (Wildman–Crippen LogP) is 7.46. The Morgan fingerprint density at radius 2 is 1.62 bits per heavy atom. The number of carbonyl (C=O) groups is 2. The highest BCUT2D eigenvalue weighted by Crippen LogP contribution is 2.40. The van der Waals surface area contributed by atoms with E-state index in [9.17, 15) is 9.59 Å². The number of fused-ring (bicyclic) bond motifs is 1. The fraction of sp³-hybridized carbons (Fsp3) is 0.194. The van der Waals surface area contributed by atoms with E-state index in [1.807, 2.05) is 43.3 Å². The lowest BCUT2D eigenvalue weighted by Gasteiger charge is -2.15. The average Bonchev–Trinajstić information content (AvgIpc) is 3.48. The summed E-state index contributed by atoms with van der Waals surface area (Å²) in [4.78, 5) is 29.9. The van der Waals surface area contributed by atoms with E-state index in [0.29, 0.717) is 51.4 Å². The Balaban J connectivity index is 1.39. The number of hydrogen-bond donors (Lipinski definition) is 2. The summed E-state index contributed by atoms with van der Waals surface area (Å²) in [6.45, 7) is 4.19. The van der Waals surface area contributed by atoms with Gasteiger partial charge in [-0.1, -0.05) is 54.9 Å². The highest BCUT2D eigenvalue weighted by atomic mass is 35.5. The second-order valence-corrected chi connectivity index (χ2v) is 10.6. The van der Waals surface area contributed by atoms with Gasteiger partial charge in [-0.3, -0.25) is 4.79 Å². The van der Waals surface area contributed by atoms with Gasteiger partial charge in [0.05, 0.1) is 39.7 Å². The molecule has 0 saturated heterocycles. The normalized spacial score (nSPS) is 11.0. The van der Waals surface area contributed by atoms with Crippen LogP contribution in [0.4, 0.5) is 0 Å². The van der Waals surface area contributed by atoms with E-state index < -0.39 is 11.9 Å². The summed E-state index contributed by atoms with van der Waals surface area (Å²) in [7, 11) is 4.40. The molecule has 1 heterocycles. The molecule has 0 aliphatic carbocycles. The zero-order valence-electron chi connectivity index (χ0n) is 26.6. The molecule has 1 aromatic heterocycles. The quantitative estimate of drug-likeness (QED) is 0.0619. The SMILES string of the molecule is CCOc1cc(C=NNC(=O)c2[nH]c3c(CC)cccc3c2-c2ccccc2Cl)ccc1OC(=O)c1cc(OC)c(OC)c(OC)c1. The summed E-state index contributed by atoms with van der Waals surface area (Å²) >= 11 is 6.58. The number of nitrogens with zero attached hydrogens (tertiary/aromatic N) is 1. The molecule has 4 aromatic carbocycles. The van der Waals surface area contributed by atoms with Gasteiger partial charge in [0.1, 0.15) is 5.69 Å². The van der Waals surface area contributed by atoms with Gasteiger partial charge >= 0.3 is 5.97 Å². The van der Waals surface area contributed by atoms with Crippen LogP contribution in [0.5, 0.6) is 28.7 Å². The number of benzene rings is 4. The van der Waals surface area contributed by atoms with E-state index in [4.69, 9.17) is 35.3 Å². The summed E-state index contributed by atoms with van der Waals surface area (Å²) < 4.78 is 27.5. The molecule has 0 atom stereocenters. The van der Waals surface area contributed by atoms with E-state index in [1.165, 1.54) is 39.7 Å². The lowest BCUT2D eigenvalue weighted by atomic mass is 9.99. The van der Waals surface area contributed by atoms with Gasteiger partial charge in [-0.25, -0.2) is 10.2 Å². The van der Waals surface area contributed by atoms with Gasteiger partial charge in [0, 0.05) is 27.1 Å². The molecule has 11 heteroatoms. The van der Waals surface area contributed by atoms with Gasteiger partial charge in [-0.05, 0) is 60.9 Å². The number of rotatable bonds is 12. The minimum absolute atomic E-state index is 0.189. The third-order valence-corrected chi connectivity index (χ3v) is 7.75. The van der Waals surface area contributed by atoms with Crippen molar-refractivity contribution >= 4 is 40.6 Å². The molecule has 0 bridgehead atoms. The van der Waals surface area contributed by atoms with Crippen LogP contribution in [-0.4, -0.2) is 51.0 Å². The van der Waals surface area contributed by atoms with Crippen LogP contribution in [-0.2, 0) is 6.42 Å². The minimum Gasteiger partial charge on any atom is -0.493 e. The maximum atomic E-state index is 13.5. The second-order valence-electron chi connectivity index (χ2n) is 10.2. The van der Waals surface area contributed by atoms with Crippen LogP contribution in [0.25, 0.3) is 22.0 Å². The number of aryl methyl sites for hydroxylation is 1. The van der Waals surface area contributed by atoms with Gasteiger partial charge in [0.15, 0.2) is 23.0 Å². The van der Waals surface area contributed by atoms with Crippen LogP contribution in [0, 0.1) is 0 Å². The van der Waals surface area contributed by atoms with E-state index in [1.54, 1.807) is 24.3 Å². The van der Waals surface area contributed by atoms with Crippen molar-refractivity contribution in [2.75, 3.05) is 27.9 Å². The first kappa shape index (κ1) is 32.9. The molecule has 0 spiro atoms. The number of ether oxygens (including phenoxy) is 5. The number of carbonyl (C=O) groups excluding carboxylic acids is 2. The zero-order valence-corrected chi connectivity index (χ0v) is 27.4. The van der Waals surface area contributed by atoms with Crippen LogP contribution >= 0.6 is 11.6 Å². The monoisotopic (exact) mass is 655 g/mol. The van der Waals surface area contributed by atoms with Crippen molar-refractivity contribution in [2.45, 2.75) is 20.3 Å². The third kappa shape index (κ3) is 6.87. The molecular weight excluding hydrogens is 622 g/mol. The third-order valence-electron chi connectivity index (χ3n) is 7.42. The molecule has 0 unspecified atom stereocenters. The Morgan fingerprint density at radius 3 is 2.28 bits per heavy atom. The number of aromatic amines is 1. The van der Waals surface area contributed by atoms with Gasteiger partial charge < -0.3 is 28.7 Å². The lowest BCUT2D eigenvalue weighted by molar-refractivity contribution is 0.0727. The molecule has 242 valence electrons. The lowest BCUT2D eigenvalue weighted by Crippen LogP contribution is -2.19. The molecule has 10 nitrogen and oxygen atoms in total. The van der Waals surface area contributed by atoms with Crippen LogP contribution < -0.4 is 29.1 Å². The zero-order chi connectivity index (χ0) is 33.5. The summed E-state index contributed by atoms with van der Waals surface area (Å²) in [5.74, 6) is 0.401. The molecule has 0 radical (unpaired) electrons. The molecular formula is C36H34ClN3O7. The maximum Gasteiger partial charge on any atom is 0.343 e. The van der Waals surface area contributed by atoms with Crippen molar-refractivity contribution in [3.8, 4) is 39.9 Å². The van der Waals surface area contributed by atoms with E-state index in [0.717, 1.165) is 28.5 Å². The summed E-state index contributed by atoms with van der Waals surface area (Å²) in [6, 6.07) is 21.3. The van der Waals surface area contributed by atoms with Crippen LogP contribution in [0.15, 0.2) is 77.9 Å². The first-order valence-electron chi connectivity index (χ1n) is 14.8. The summed E-state index contributed by atoms with van der Waals surface area (Å²) in [5.41, 5.74) is 7.13. The van der Waals surface area contributed by atoms with Crippen molar-refractivity contribution in [1.29, 1.82) is 0 Å². The molecule has 2 N–H and O–H groups in total. The predicted molar refractivity (Wildman–Crippen MR) is 182 cm³/mol. The van der Waals surface area contributed by atoms with Crippen molar-refractivity contribution in [1.82, 2.24) is 10.4 Å². The molecule has 5 aromatic rings. The standard InChI is InChI=1S/C36H34ClN3O7/c1-6-22-11-10-13-25-31(24-12-8-9-14-26(24)37)33(39-32(22)25)35(41)40-38-20-21-15-16-27(28(17-21)46-7-2)47-36(42)23-18-29(43-3)34(45-5)30(19-23)44-4/h8-20,39H,6-7H2,1-5H3,(H,40,41). The Labute approximate surface area is 277 Å². The number of para-hydroxylation sites is 1. The number of H-pyrrole nitrogens is 1. The van der Waals surface area contributed by atoms with Gasteiger partial charge in [0.25, 0.3) is 5.91 Å². The summed E-state index contributed by atoms with van der Waals surface area (Å²) in [6.07, 6.45) is 2.26. The molecule has 0 fully saturated rings. The maximum absolute atomic E-state index is 13.5. The summed E-state index contributed by atoms with van der Waals surface area (Å²) in [5, 5.41) is 5.62. The Bertz CT molecular complexity index is 1940. The van der Waals surface area contributed by atoms with Crippen molar-refractivity contribution in [3.05, 3.63) is 100 Å². The first-order valence-corrected chi connectivity index (χ1v) is 15.2. The highest BCUT2D eigenvalue weighted by molar-refractivity contribution is 6.34. The van der Waals surface area contributed by atoms with Gasteiger partial charge in [-0.2, -0.15) is 5.10 Å². The van der Waals surface area contributed by atoms with Crippen LogP contribution in [0.1, 0.15) is 45.8 Å². The topological polar surface area (TPSA) is 120 Å². The highest BCUT2D eigenvalue weighted by Gasteiger charge is 2.22. The average molecular weight is 656 g/mol.